The van der Waals surface area contributed by atoms with E-state index in [9.17, 15) is 0 Å². The first-order valence-corrected chi connectivity index (χ1v) is 9.78. The van der Waals surface area contributed by atoms with E-state index in [0.29, 0.717) is 33.8 Å². The molecule has 0 amide bonds. The lowest BCUT2D eigenvalue weighted by molar-refractivity contribution is 0.481. The van der Waals surface area contributed by atoms with Crippen LogP contribution in [-0.2, 0) is 6.54 Å². The zero-order valence-corrected chi connectivity index (χ0v) is 16.8. The van der Waals surface area contributed by atoms with Crippen LogP contribution < -0.4 is 15.5 Å². The summed E-state index contributed by atoms with van der Waals surface area (Å²) in [5, 5.41) is 7.71. The number of hydrogen-bond donors (Lipinski definition) is 2. The number of piperidine rings is 1. The summed E-state index contributed by atoms with van der Waals surface area (Å²) >= 11 is 17.4. The lowest BCUT2D eigenvalue weighted by Gasteiger charge is -2.34. The predicted octanol–water partition coefficient (Wildman–Crippen LogP) is 4.65. The maximum atomic E-state index is 6.19. The SMILES string of the molecule is CC1CCCCN1c1cc(Cl)nc(NC(=S)NCc2ccc(Cl)cc2)n1. The fourth-order valence-corrected chi connectivity index (χ4v) is 3.44. The predicted molar refractivity (Wildman–Crippen MR) is 112 cm³/mol. The van der Waals surface area contributed by atoms with Crippen LogP contribution in [0, 0.1) is 0 Å². The van der Waals surface area contributed by atoms with Crippen LogP contribution in [0.25, 0.3) is 0 Å². The van der Waals surface area contributed by atoms with Crippen molar-refractivity contribution in [2.24, 2.45) is 0 Å². The molecule has 2 aromatic rings. The molecule has 0 bridgehead atoms. The van der Waals surface area contributed by atoms with Crippen LogP contribution in [0.5, 0.6) is 0 Å². The Hall–Kier alpha value is -1.63. The summed E-state index contributed by atoms with van der Waals surface area (Å²) in [5.74, 6) is 1.24. The van der Waals surface area contributed by atoms with Gasteiger partial charge in [-0.15, -0.1) is 0 Å². The van der Waals surface area contributed by atoms with Crippen molar-refractivity contribution in [1.82, 2.24) is 15.3 Å². The minimum Gasteiger partial charge on any atom is -0.358 e. The molecule has 2 heterocycles. The van der Waals surface area contributed by atoms with Crippen LogP contribution in [0.15, 0.2) is 30.3 Å². The fourth-order valence-electron chi connectivity index (χ4n) is 2.98. The van der Waals surface area contributed by atoms with E-state index in [1.807, 2.05) is 24.3 Å². The normalized spacial score (nSPS) is 17.0. The summed E-state index contributed by atoms with van der Waals surface area (Å²) in [6, 6.07) is 9.84. The Balaban J connectivity index is 1.63. The number of aromatic nitrogens is 2. The average Bonchev–Trinajstić information content (AvgIpc) is 2.61. The Bertz CT molecular complexity index is 769. The van der Waals surface area contributed by atoms with Crippen LogP contribution in [0.4, 0.5) is 11.8 Å². The van der Waals surface area contributed by atoms with E-state index < -0.39 is 0 Å². The van der Waals surface area contributed by atoms with Gasteiger partial charge < -0.3 is 15.5 Å². The molecule has 1 aromatic heterocycles. The summed E-state index contributed by atoms with van der Waals surface area (Å²) in [7, 11) is 0. The van der Waals surface area contributed by atoms with Gasteiger partial charge in [-0.3, -0.25) is 0 Å². The number of hydrogen-bond acceptors (Lipinski definition) is 4. The molecule has 26 heavy (non-hydrogen) atoms. The minimum absolute atomic E-state index is 0.399. The fraction of sp³-hybridized carbons (Fsp3) is 0.389. The Kier molecular flexibility index (Phi) is 6.51. The molecule has 1 fully saturated rings. The van der Waals surface area contributed by atoms with Gasteiger partial charge in [0.25, 0.3) is 0 Å². The van der Waals surface area contributed by atoms with Gasteiger partial charge in [-0.25, -0.2) is 4.98 Å². The molecule has 0 saturated carbocycles. The summed E-state index contributed by atoms with van der Waals surface area (Å²) in [6.45, 7) is 3.77. The smallest absolute Gasteiger partial charge is 0.232 e. The molecule has 1 saturated heterocycles. The molecule has 3 rings (SSSR count). The van der Waals surface area contributed by atoms with Gasteiger partial charge >= 0.3 is 0 Å². The van der Waals surface area contributed by atoms with Gasteiger partial charge in [0.05, 0.1) is 0 Å². The van der Waals surface area contributed by atoms with Crippen molar-refractivity contribution < 1.29 is 0 Å². The van der Waals surface area contributed by atoms with Crippen LogP contribution in [0.3, 0.4) is 0 Å². The number of nitrogens with zero attached hydrogens (tertiary/aromatic N) is 3. The highest BCUT2D eigenvalue weighted by molar-refractivity contribution is 7.80. The highest BCUT2D eigenvalue weighted by atomic mass is 35.5. The molecular weight excluding hydrogens is 389 g/mol. The number of thiocarbonyl (C=S) groups is 1. The second-order valence-corrected chi connectivity index (χ2v) is 7.58. The molecule has 8 heteroatoms. The first kappa shape index (κ1) is 19.1. The number of benzene rings is 1. The molecule has 1 aliphatic heterocycles. The van der Waals surface area contributed by atoms with E-state index in [1.54, 1.807) is 6.07 Å². The maximum absolute atomic E-state index is 6.19. The van der Waals surface area contributed by atoms with E-state index in [1.165, 1.54) is 6.42 Å². The molecule has 2 N–H and O–H groups in total. The molecule has 0 spiro atoms. The zero-order chi connectivity index (χ0) is 18.5. The molecule has 1 aromatic carbocycles. The number of nitrogens with one attached hydrogen (secondary N) is 2. The summed E-state index contributed by atoms with van der Waals surface area (Å²) in [5.41, 5.74) is 1.08. The Labute approximate surface area is 169 Å². The van der Waals surface area contributed by atoms with Crippen molar-refractivity contribution in [1.29, 1.82) is 0 Å². The van der Waals surface area contributed by atoms with E-state index in [-0.39, 0.29) is 0 Å². The van der Waals surface area contributed by atoms with E-state index in [4.69, 9.17) is 35.4 Å². The standard InChI is InChI=1S/C18H21Cl2N5S/c1-12-4-2-3-9-25(12)16-10-15(20)22-17(23-16)24-18(26)21-11-13-5-7-14(19)8-6-13/h5-8,10,12H,2-4,9,11H2,1H3,(H2,21,22,23,24,26). The first-order valence-electron chi connectivity index (χ1n) is 8.62. The Morgan fingerprint density at radius 3 is 2.73 bits per heavy atom. The van der Waals surface area contributed by atoms with E-state index >= 15 is 0 Å². The quantitative estimate of drug-likeness (QED) is 0.566. The number of rotatable bonds is 4. The van der Waals surface area contributed by atoms with Gasteiger partial charge in [0, 0.05) is 30.2 Å². The highest BCUT2D eigenvalue weighted by Crippen LogP contribution is 2.25. The summed E-state index contributed by atoms with van der Waals surface area (Å²) < 4.78 is 0. The molecule has 0 aliphatic carbocycles. The van der Waals surface area contributed by atoms with Crippen molar-refractivity contribution in [2.45, 2.75) is 38.8 Å². The van der Waals surface area contributed by atoms with Crippen LogP contribution in [0.1, 0.15) is 31.7 Å². The third kappa shape index (κ3) is 5.19. The summed E-state index contributed by atoms with van der Waals surface area (Å²) in [4.78, 5) is 11.1. The molecule has 1 atom stereocenters. The first-order chi connectivity index (χ1) is 12.5. The topological polar surface area (TPSA) is 53.1 Å². The van der Waals surface area contributed by atoms with E-state index in [2.05, 4.69) is 32.4 Å². The van der Waals surface area contributed by atoms with Crippen molar-refractivity contribution in [3.8, 4) is 0 Å². The molecular formula is C18H21Cl2N5S. The van der Waals surface area contributed by atoms with Crippen molar-refractivity contribution in [2.75, 3.05) is 16.8 Å². The van der Waals surface area contributed by atoms with Crippen LogP contribution in [-0.4, -0.2) is 27.7 Å². The van der Waals surface area contributed by atoms with Gasteiger partial charge in [0.15, 0.2) is 5.11 Å². The van der Waals surface area contributed by atoms with Crippen molar-refractivity contribution >= 4 is 52.3 Å². The molecule has 138 valence electrons. The third-order valence-electron chi connectivity index (χ3n) is 4.37. The number of halogens is 2. The van der Waals surface area contributed by atoms with Gasteiger partial charge in [-0.1, -0.05) is 35.3 Å². The highest BCUT2D eigenvalue weighted by Gasteiger charge is 2.21. The Morgan fingerprint density at radius 1 is 1.23 bits per heavy atom. The van der Waals surface area contributed by atoms with Crippen molar-refractivity contribution in [3.63, 3.8) is 0 Å². The second kappa shape index (κ2) is 8.84. The minimum atomic E-state index is 0.399. The lowest BCUT2D eigenvalue weighted by atomic mass is 10.0. The summed E-state index contributed by atoms with van der Waals surface area (Å²) in [6.07, 6.45) is 3.57. The third-order valence-corrected chi connectivity index (χ3v) is 5.06. The van der Waals surface area contributed by atoms with Crippen molar-refractivity contribution in [3.05, 3.63) is 46.1 Å². The van der Waals surface area contributed by atoms with Crippen LogP contribution >= 0.6 is 35.4 Å². The Morgan fingerprint density at radius 2 is 2.00 bits per heavy atom. The lowest BCUT2D eigenvalue weighted by Crippen LogP contribution is -2.38. The zero-order valence-electron chi connectivity index (χ0n) is 14.5. The second-order valence-electron chi connectivity index (χ2n) is 6.34. The van der Waals surface area contributed by atoms with Crippen LogP contribution in [0.2, 0.25) is 10.2 Å². The molecule has 1 unspecified atom stereocenters. The van der Waals surface area contributed by atoms with Gasteiger partial charge in [-0.2, -0.15) is 4.98 Å². The molecule has 5 nitrogen and oxygen atoms in total. The van der Waals surface area contributed by atoms with E-state index in [0.717, 1.165) is 30.8 Å². The van der Waals surface area contributed by atoms with Gasteiger partial charge in [0.1, 0.15) is 11.0 Å². The molecule has 0 radical (unpaired) electrons. The average molecular weight is 410 g/mol. The van der Waals surface area contributed by atoms with Gasteiger partial charge in [0.2, 0.25) is 5.95 Å². The van der Waals surface area contributed by atoms with Gasteiger partial charge in [-0.05, 0) is 56.1 Å². The monoisotopic (exact) mass is 409 g/mol. The number of anilines is 2. The molecule has 1 aliphatic rings. The largest absolute Gasteiger partial charge is 0.358 e. The maximum Gasteiger partial charge on any atom is 0.232 e.